The van der Waals surface area contributed by atoms with E-state index >= 15 is 0 Å². The van der Waals surface area contributed by atoms with Crippen LogP contribution in [-0.2, 0) is 0 Å². The summed E-state index contributed by atoms with van der Waals surface area (Å²) in [6.07, 6.45) is 14.5. The number of nitrogens with zero attached hydrogens (tertiary/aromatic N) is 2. The highest BCUT2D eigenvalue weighted by molar-refractivity contribution is 5.94. The molecule has 1 unspecified atom stereocenters. The average molecular weight is 383 g/mol. The minimum atomic E-state index is 0.164. The third-order valence-corrected chi connectivity index (χ3v) is 6.48. The Balaban J connectivity index is 1.22. The van der Waals surface area contributed by atoms with Gasteiger partial charge >= 0.3 is 0 Å². The Bertz CT molecular complexity index is 656. The summed E-state index contributed by atoms with van der Waals surface area (Å²) < 4.78 is 6.21. The maximum atomic E-state index is 12.6. The molecule has 0 aromatic heterocycles. The molecule has 2 fully saturated rings. The predicted molar refractivity (Wildman–Crippen MR) is 113 cm³/mol. The molecule has 0 spiro atoms. The van der Waals surface area contributed by atoms with Crippen molar-refractivity contribution in [2.24, 2.45) is 5.92 Å². The van der Waals surface area contributed by atoms with Crippen molar-refractivity contribution in [3.63, 3.8) is 0 Å². The first kappa shape index (κ1) is 19.5. The summed E-state index contributed by atoms with van der Waals surface area (Å²) >= 11 is 0. The van der Waals surface area contributed by atoms with E-state index < -0.39 is 0 Å². The molecule has 3 aliphatic rings. The van der Waals surface area contributed by atoms with Crippen molar-refractivity contribution < 1.29 is 9.53 Å². The number of amides is 1. The molecule has 2 saturated heterocycles. The Kier molecular flexibility index (Phi) is 6.69. The molecule has 4 nitrogen and oxygen atoms in total. The molecule has 2 heterocycles. The molecule has 0 N–H and O–H groups in total. The van der Waals surface area contributed by atoms with Crippen LogP contribution in [0, 0.1) is 5.92 Å². The second kappa shape index (κ2) is 9.60. The summed E-state index contributed by atoms with van der Waals surface area (Å²) in [6.45, 7) is 5.30. The zero-order chi connectivity index (χ0) is 19.2. The van der Waals surface area contributed by atoms with Crippen LogP contribution in [0.25, 0.3) is 0 Å². The van der Waals surface area contributed by atoms with Gasteiger partial charge in [-0.2, -0.15) is 0 Å². The van der Waals surface area contributed by atoms with Crippen LogP contribution in [-0.4, -0.2) is 54.5 Å². The van der Waals surface area contributed by atoms with Crippen LogP contribution in [0.4, 0.5) is 0 Å². The Hall–Kier alpha value is -1.81. The molecule has 0 bridgehead atoms. The van der Waals surface area contributed by atoms with Gasteiger partial charge in [0.1, 0.15) is 11.9 Å². The van der Waals surface area contributed by atoms with Gasteiger partial charge in [0.05, 0.1) is 0 Å². The summed E-state index contributed by atoms with van der Waals surface area (Å²) in [4.78, 5) is 17.2. The lowest BCUT2D eigenvalue weighted by molar-refractivity contribution is 0.0724. The van der Waals surface area contributed by atoms with Crippen molar-refractivity contribution in [3.8, 4) is 5.75 Å². The van der Waals surface area contributed by atoms with Gasteiger partial charge in [-0.15, -0.1) is 0 Å². The van der Waals surface area contributed by atoms with E-state index in [9.17, 15) is 4.79 Å². The van der Waals surface area contributed by atoms with Gasteiger partial charge in [0.25, 0.3) is 5.91 Å². The maximum absolute atomic E-state index is 12.6. The molecule has 0 saturated carbocycles. The number of hydrogen-bond acceptors (Lipinski definition) is 3. The number of ether oxygens (including phenoxy) is 1. The fraction of sp³-hybridized carbons (Fsp3) is 0.625. The number of benzene rings is 1. The van der Waals surface area contributed by atoms with E-state index in [0.29, 0.717) is 6.10 Å². The van der Waals surface area contributed by atoms with Crippen LogP contribution in [0.3, 0.4) is 0 Å². The number of rotatable bonds is 5. The molecular formula is C24H34N2O2. The van der Waals surface area contributed by atoms with Crippen molar-refractivity contribution in [1.29, 1.82) is 0 Å². The Labute approximate surface area is 169 Å². The van der Waals surface area contributed by atoms with E-state index in [2.05, 4.69) is 17.1 Å². The van der Waals surface area contributed by atoms with E-state index in [1.54, 1.807) is 0 Å². The van der Waals surface area contributed by atoms with Crippen molar-refractivity contribution in [1.82, 2.24) is 9.80 Å². The molecule has 1 aromatic carbocycles. The van der Waals surface area contributed by atoms with Gasteiger partial charge in [0.15, 0.2) is 0 Å². The standard InChI is InChI=1S/C24H34N2O2/c27-24(26-15-5-2-6-16-26)21-9-11-22(12-10-21)28-23-13-17-25(18-14-23)19-20-7-3-1-4-8-20/h1,3,9-12,20,23H,2,4-8,13-19H2. The molecule has 152 valence electrons. The number of likely N-dealkylation sites (tertiary alicyclic amines) is 2. The number of carbonyl (C=O) groups excluding carboxylic acids is 1. The third-order valence-electron chi connectivity index (χ3n) is 6.48. The van der Waals surface area contributed by atoms with Gasteiger partial charge < -0.3 is 14.5 Å². The largest absolute Gasteiger partial charge is 0.490 e. The average Bonchev–Trinajstić information content (AvgIpc) is 2.76. The van der Waals surface area contributed by atoms with E-state index in [-0.39, 0.29) is 5.91 Å². The van der Waals surface area contributed by atoms with Crippen molar-refractivity contribution in [2.75, 3.05) is 32.7 Å². The Morgan fingerprint density at radius 3 is 2.36 bits per heavy atom. The summed E-state index contributed by atoms with van der Waals surface area (Å²) in [5.74, 6) is 1.90. The maximum Gasteiger partial charge on any atom is 0.253 e. The summed E-state index contributed by atoms with van der Waals surface area (Å²) in [6, 6.07) is 7.80. The first-order valence-corrected chi connectivity index (χ1v) is 11.2. The van der Waals surface area contributed by atoms with Crippen LogP contribution >= 0.6 is 0 Å². The highest BCUT2D eigenvalue weighted by Gasteiger charge is 2.23. The molecule has 0 radical (unpaired) electrons. The van der Waals surface area contributed by atoms with Gasteiger partial charge in [-0.3, -0.25) is 4.79 Å². The zero-order valence-electron chi connectivity index (χ0n) is 17.0. The summed E-state index contributed by atoms with van der Waals surface area (Å²) in [5, 5.41) is 0. The van der Waals surface area contributed by atoms with E-state index in [1.807, 2.05) is 29.2 Å². The fourth-order valence-corrected chi connectivity index (χ4v) is 4.75. The number of piperidine rings is 2. The highest BCUT2D eigenvalue weighted by Crippen LogP contribution is 2.24. The molecule has 4 heteroatoms. The van der Waals surface area contributed by atoms with E-state index in [1.165, 1.54) is 32.2 Å². The van der Waals surface area contributed by atoms with Crippen molar-refractivity contribution in [2.45, 2.75) is 57.5 Å². The monoisotopic (exact) mass is 382 g/mol. The molecule has 1 atom stereocenters. The Morgan fingerprint density at radius 1 is 0.929 bits per heavy atom. The minimum absolute atomic E-state index is 0.164. The van der Waals surface area contributed by atoms with E-state index in [4.69, 9.17) is 4.74 Å². The molecular weight excluding hydrogens is 348 g/mol. The lowest BCUT2D eigenvalue weighted by Crippen LogP contribution is -2.40. The first-order chi connectivity index (χ1) is 13.8. The fourth-order valence-electron chi connectivity index (χ4n) is 4.75. The first-order valence-electron chi connectivity index (χ1n) is 11.2. The smallest absolute Gasteiger partial charge is 0.253 e. The third kappa shape index (κ3) is 5.16. The normalized spacial score (nSPS) is 24.3. The van der Waals surface area contributed by atoms with Crippen molar-refractivity contribution >= 4 is 5.91 Å². The molecule has 4 rings (SSSR count). The molecule has 1 amide bonds. The second-order valence-corrected chi connectivity index (χ2v) is 8.65. The van der Waals surface area contributed by atoms with Gasteiger partial charge in [-0.05, 0) is 81.5 Å². The van der Waals surface area contributed by atoms with Gasteiger partial charge in [0, 0.05) is 38.3 Å². The molecule has 1 aliphatic carbocycles. The van der Waals surface area contributed by atoms with Crippen molar-refractivity contribution in [3.05, 3.63) is 42.0 Å². The lowest BCUT2D eigenvalue weighted by Gasteiger charge is -2.34. The van der Waals surface area contributed by atoms with Crippen LogP contribution < -0.4 is 4.74 Å². The lowest BCUT2D eigenvalue weighted by atomic mass is 9.93. The quantitative estimate of drug-likeness (QED) is 0.702. The second-order valence-electron chi connectivity index (χ2n) is 8.65. The van der Waals surface area contributed by atoms with Gasteiger partial charge in [-0.1, -0.05) is 12.2 Å². The van der Waals surface area contributed by atoms with Gasteiger partial charge in [0.2, 0.25) is 0 Å². The number of allylic oxidation sites excluding steroid dienone is 2. The van der Waals surface area contributed by atoms with Crippen LogP contribution in [0.15, 0.2) is 36.4 Å². The number of carbonyl (C=O) groups is 1. The summed E-state index contributed by atoms with van der Waals surface area (Å²) in [7, 11) is 0. The highest BCUT2D eigenvalue weighted by atomic mass is 16.5. The summed E-state index contributed by atoms with van der Waals surface area (Å²) in [5.41, 5.74) is 0.783. The predicted octanol–water partition coefficient (Wildman–Crippen LogP) is 4.51. The topological polar surface area (TPSA) is 32.8 Å². The Morgan fingerprint density at radius 2 is 1.68 bits per heavy atom. The molecule has 2 aliphatic heterocycles. The molecule has 1 aromatic rings. The number of hydrogen-bond donors (Lipinski definition) is 0. The zero-order valence-corrected chi connectivity index (χ0v) is 17.0. The van der Waals surface area contributed by atoms with E-state index in [0.717, 1.165) is 69.1 Å². The van der Waals surface area contributed by atoms with Crippen LogP contribution in [0.2, 0.25) is 0 Å². The van der Waals surface area contributed by atoms with Crippen LogP contribution in [0.5, 0.6) is 5.75 Å². The molecule has 28 heavy (non-hydrogen) atoms. The van der Waals surface area contributed by atoms with Crippen LogP contribution in [0.1, 0.15) is 61.7 Å². The van der Waals surface area contributed by atoms with Gasteiger partial charge in [-0.25, -0.2) is 0 Å². The minimum Gasteiger partial charge on any atom is -0.490 e. The SMILES string of the molecule is O=C(c1ccc(OC2CCN(CC3CC=CCC3)CC2)cc1)N1CCCCC1.